The third kappa shape index (κ3) is 5.09. The summed E-state index contributed by atoms with van der Waals surface area (Å²) in [7, 11) is 0. The number of ether oxygens (including phenoxy) is 1. The number of nitrogens with one attached hydrogen (secondary N) is 1. The molecule has 5 nitrogen and oxygen atoms in total. The van der Waals surface area contributed by atoms with E-state index in [4.69, 9.17) is 10.5 Å². The first-order chi connectivity index (χ1) is 14.3. The predicted octanol–water partition coefficient (Wildman–Crippen LogP) is 5.14. The summed E-state index contributed by atoms with van der Waals surface area (Å²) in [6, 6.07) is 13.8. The van der Waals surface area contributed by atoms with Crippen molar-refractivity contribution in [1.29, 1.82) is 0 Å². The molecule has 3 aromatic rings. The van der Waals surface area contributed by atoms with Crippen molar-refractivity contribution in [3.05, 3.63) is 79.6 Å². The Labute approximate surface area is 188 Å². The van der Waals surface area contributed by atoms with Crippen LogP contribution in [0.5, 0.6) is 5.75 Å². The Bertz CT molecular complexity index is 1070. The second kappa shape index (κ2) is 9.45. The second-order valence-corrected chi connectivity index (χ2v) is 9.11. The van der Waals surface area contributed by atoms with Gasteiger partial charge in [0.2, 0.25) is 0 Å². The van der Waals surface area contributed by atoms with E-state index in [1.807, 2.05) is 63.2 Å². The lowest BCUT2D eigenvalue weighted by atomic mass is 10.1. The fourth-order valence-electron chi connectivity index (χ4n) is 3.32. The molecule has 2 aromatic carbocycles. The van der Waals surface area contributed by atoms with E-state index in [1.54, 1.807) is 0 Å². The summed E-state index contributed by atoms with van der Waals surface area (Å²) in [6.07, 6.45) is 0.668. The van der Waals surface area contributed by atoms with Gasteiger partial charge in [0.05, 0.1) is 5.56 Å². The average molecular weight is 487 g/mol. The molecule has 7 heteroatoms. The lowest BCUT2D eigenvalue weighted by molar-refractivity contribution is -0.118. The van der Waals surface area contributed by atoms with E-state index in [0.29, 0.717) is 22.7 Å². The number of primary amides is 1. The largest absolute Gasteiger partial charge is 0.483 e. The van der Waals surface area contributed by atoms with Crippen molar-refractivity contribution in [1.82, 2.24) is 0 Å². The summed E-state index contributed by atoms with van der Waals surface area (Å²) in [5.41, 5.74) is 9.75. The van der Waals surface area contributed by atoms with Gasteiger partial charge in [0.25, 0.3) is 11.8 Å². The van der Waals surface area contributed by atoms with Gasteiger partial charge in [-0.05, 0) is 55.2 Å². The van der Waals surface area contributed by atoms with Gasteiger partial charge in [0.1, 0.15) is 10.8 Å². The van der Waals surface area contributed by atoms with Crippen LogP contribution in [0.3, 0.4) is 0 Å². The molecular weight excluding hydrogens is 464 g/mol. The zero-order valence-corrected chi connectivity index (χ0v) is 19.4. The molecule has 0 unspecified atom stereocenters. The molecule has 30 heavy (non-hydrogen) atoms. The minimum Gasteiger partial charge on any atom is -0.483 e. The lowest BCUT2D eigenvalue weighted by Gasteiger charge is -2.12. The number of anilines is 1. The Morgan fingerprint density at radius 3 is 2.33 bits per heavy atom. The zero-order valence-electron chi connectivity index (χ0n) is 17.0. The quantitative estimate of drug-likeness (QED) is 0.484. The summed E-state index contributed by atoms with van der Waals surface area (Å²) in [4.78, 5) is 25.6. The molecule has 1 aromatic heterocycles. The van der Waals surface area contributed by atoms with Crippen LogP contribution >= 0.6 is 27.3 Å². The number of benzene rings is 2. The molecule has 0 aliphatic heterocycles. The molecular formula is C23H23BrN2O3S. The van der Waals surface area contributed by atoms with E-state index in [2.05, 4.69) is 21.2 Å². The summed E-state index contributed by atoms with van der Waals surface area (Å²) in [5, 5.41) is 3.27. The molecule has 0 radical (unpaired) electrons. The molecule has 156 valence electrons. The number of hydrogen-bond acceptors (Lipinski definition) is 4. The molecule has 0 saturated heterocycles. The number of hydrogen-bond donors (Lipinski definition) is 2. The Morgan fingerprint density at radius 1 is 1.10 bits per heavy atom. The fraction of sp³-hybridized carbons (Fsp3) is 0.217. The molecule has 2 amide bonds. The standard InChI is InChI=1S/C23H23BrN2O3S/c1-13-9-17(24)10-14(2)21(13)29-12-19(27)26-23-20(22(25)28)15(3)18(30-23)11-16-7-5-4-6-8-16/h4-10H,11-12H2,1-3H3,(H2,25,28)(H,26,27). The maximum atomic E-state index is 12.5. The van der Waals surface area contributed by atoms with E-state index in [0.717, 1.165) is 31.6 Å². The number of nitrogens with two attached hydrogens (primary N) is 1. The monoisotopic (exact) mass is 486 g/mol. The van der Waals surface area contributed by atoms with E-state index < -0.39 is 5.91 Å². The van der Waals surface area contributed by atoms with Crippen LogP contribution in [0.15, 0.2) is 46.9 Å². The van der Waals surface area contributed by atoms with Gasteiger partial charge < -0.3 is 15.8 Å². The van der Waals surface area contributed by atoms with Crippen LogP contribution in [0, 0.1) is 20.8 Å². The molecule has 3 rings (SSSR count). The topological polar surface area (TPSA) is 81.4 Å². The van der Waals surface area contributed by atoms with Crippen molar-refractivity contribution < 1.29 is 14.3 Å². The van der Waals surface area contributed by atoms with Crippen LogP contribution in [-0.4, -0.2) is 18.4 Å². The number of halogens is 1. The van der Waals surface area contributed by atoms with E-state index >= 15 is 0 Å². The Hall–Kier alpha value is -2.64. The number of carbonyl (C=O) groups excluding carboxylic acids is 2. The van der Waals surface area contributed by atoms with Crippen molar-refractivity contribution >= 4 is 44.1 Å². The van der Waals surface area contributed by atoms with Crippen LogP contribution in [-0.2, 0) is 11.2 Å². The molecule has 0 bridgehead atoms. The number of amides is 2. The van der Waals surface area contributed by atoms with Crippen molar-refractivity contribution in [2.24, 2.45) is 5.73 Å². The number of aryl methyl sites for hydroxylation is 2. The Kier molecular flexibility index (Phi) is 6.95. The number of carbonyl (C=O) groups is 2. The maximum absolute atomic E-state index is 12.5. The molecule has 0 saturated carbocycles. The van der Waals surface area contributed by atoms with Gasteiger partial charge in [-0.15, -0.1) is 11.3 Å². The molecule has 0 atom stereocenters. The van der Waals surface area contributed by atoms with Gasteiger partial charge in [0, 0.05) is 15.8 Å². The molecule has 0 fully saturated rings. The van der Waals surface area contributed by atoms with E-state index in [9.17, 15) is 9.59 Å². The summed E-state index contributed by atoms with van der Waals surface area (Å²) < 4.78 is 6.70. The summed E-state index contributed by atoms with van der Waals surface area (Å²) >= 11 is 4.82. The van der Waals surface area contributed by atoms with Crippen molar-refractivity contribution in [3.63, 3.8) is 0 Å². The van der Waals surface area contributed by atoms with Gasteiger partial charge in [0.15, 0.2) is 6.61 Å². The Balaban J connectivity index is 1.76. The SMILES string of the molecule is Cc1cc(Br)cc(C)c1OCC(=O)Nc1sc(Cc2ccccc2)c(C)c1C(N)=O. The highest BCUT2D eigenvalue weighted by Gasteiger charge is 2.21. The van der Waals surface area contributed by atoms with Crippen LogP contribution in [0.2, 0.25) is 0 Å². The average Bonchev–Trinajstić information content (AvgIpc) is 2.96. The van der Waals surface area contributed by atoms with Crippen LogP contribution in [0.1, 0.15) is 37.5 Å². The summed E-state index contributed by atoms with van der Waals surface area (Å²) in [6.45, 7) is 5.55. The van der Waals surface area contributed by atoms with Gasteiger partial charge in [-0.2, -0.15) is 0 Å². The fourth-order valence-corrected chi connectivity index (χ4v) is 5.27. The first kappa shape index (κ1) is 22.1. The van der Waals surface area contributed by atoms with Crippen molar-refractivity contribution in [2.75, 3.05) is 11.9 Å². The highest BCUT2D eigenvalue weighted by molar-refractivity contribution is 9.10. The summed E-state index contributed by atoms with van der Waals surface area (Å²) in [5.74, 6) is -0.221. The van der Waals surface area contributed by atoms with Crippen LogP contribution in [0.25, 0.3) is 0 Å². The van der Waals surface area contributed by atoms with Gasteiger partial charge >= 0.3 is 0 Å². The van der Waals surface area contributed by atoms with Gasteiger partial charge in [-0.3, -0.25) is 9.59 Å². The maximum Gasteiger partial charge on any atom is 0.262 e. The highest BCUT2D eigenvalue weighted by Crippen LogP contribution is 2.34. The van der Waals surface area contributed by atoms with E-state index in [1.165, 1.54) is 11.3 Å². The molecule has 1 heterocycles. The molecule has 0 aliphatic rings. The Morgan fingerprint density at radius 2 is 1.73 bits per heavy atom. The smallest absolute Gasteiger partial charge is 0.262 e. The van der Waals surface area contributed by atoms with Crippen molar-refractivity contribution in [3.8, 4) is 5.75 Å². The second-order valence-electron chi connectivity index (χ2n) is 7.09. The first-order valence-electron chi connectivity index (χ1n) is 9.41. The van der Waals surface area contributed by atoms with Gasteiger partial charge in [-0.1, -0.05) is 46.3 Å². The van der Waals surface area contributed by atoms with Crippen LogP contribution in [0.4, 0.5) is 5.00 Å². The molecule has 0 spiro atoms. The number of thiophene rings is 1. The normalized spacial score (nSPS) is 10.7. The minimum absolute atomic E-state index is 0.160. The lowest BCUT2D eigenvalue weighted by Crippen LogP contribution is -2.22. The van der Waals surface area contributed by atoms with Gasteiger partial charge in [-0.25, -0.2) is 0 Å². The highest BCUT2D eigenvalue weighted by atomic mass is 79.9. The van der Waals surface area contributed by atoms with Crippen molar-refractivity contribution in [2.45, 2.75) is 27.2 Å². The zero-order chi connectivity index (χ0) is 21.8. The third-order valence-corrected chi connectivity index (χ3v) is 6.39. The third-order valence-electron chi connectivity index (χ3n) is 4.73. The van der Waals surface area contributed by atoms with Crippen LogP contribution < -0.4 is 15.8 Å². The minimum atomic E-state index is -0.557. The predicted molar refractivity (Wildman–Crippen MR) is 125 cm³/mol. The van der Waals surface area contributed by atoms with E-state index in [-0.39, 0.29) is 12.5 Å². The molecule has 0 aliphatic carbocycles. The first-order valence-corrected chi connectivity index (χ1v) is 11.0. The number of rotatable bonds is 7. The molecule has 3 N–H and O–H groups in total.